The van der Waals surface area contributed by atoms with Crippen molar-refractivity contribution in [3.05, 3.63) is 59.4 Å². The molecule has 86 valence electrons. The van der Waals surface area contributed by atoms with Crippen molar-refractivity contribution in [2.45, 2.75) is 6.92 Å². The van der Waals surface area contributed by atoms with Crippen LogP contribution in [-0.2, 0) is 0 Å². The van der Waals surface area contributed by atoms with Crippen LogP contribution in [0.2, 0.25) is 0 Å². The van der Waals surface area contributed by atoms with Crippen LogP contribution in [0.1, 0.15) is 15.9 Å². The maximum atomic E-state index is 13.5. The highest BCUT2D eigenvalue weighted by Crippen LogP contribution is 2.25. The third-order valence-electron chi connectivity index (χ3n) is 2.31. The monoisotopic (exact) mass is 230 g/mol. The van der Waals surface area contributed by atoms with E-state index in [9.17, 15) is 9.18 Å². The molecule has 0 bridgehead atoms. The first-order valence-electron chi connectivity index (χ1n) is 5.18. The van der Waals surface area contributed by atoms with Gasteiger partial charge in [0.15, 0.2) is 11.6 Å². The summed E-state index contributed by atoms with van der Waals surface area (Å²) >= 11 is 0. The van der Waals surface area contributed by atoms with Gasteiger partial charge in [0.2, 0.25) is 0 Å². The minimum Gasteiger partial charge on any atom is -0.454 e. The number of carbonyl (C=O) groups is 1. The Morgan fingerprint density at radius 1 is 1.18 bits per heavy atom. The molecule has 0 radical (unpaired) electrons. The van der Waals surface area contributed by atoms with E-state index in [1.54, 1.807) is 6.07 Å². The third kappa shape index (κ3) is 2.69. The molecule has 17 heavy (non-hydrogen) atoms. The quantitative estimate of drug-likeness (QED) is 0.751. The summed E-state index contributed by atoms with van der Waals surface area (Å²) in [5, 5.41) is 0. The Bertz CT molecular complexity index is 550. The van der Waals surface area contributed by atoms with Gasteiger partial charge < -0.3 is 4.74 Å². The van der Waals surface area contributed by atoms with Gasteiger partial charge in [-0.05, 0) is 42.8 Å². The van der Waals surface area contributed by atoms with Crippen molar-refractivity contribution in [3.63, 3.8) is 0 Å². The van der Waals surface area contributed by atoms with Crippen molar-refractivity contribution in [3.8, 4) is 11.5 Å². The van der Waals surface area contributed by atoms with Crippen LogP contribution < -0.4 is 4.74 Å². The molecule has 2 aromatic rings. The second kappa shape index (κ2) is 4.78. The van der Waals surface area contributed by atoms with Crippen LogP contribution >= 0.6 is 0 Å². The van der Waals surface area contributed by atoms with E-state index in [2.05, 4.69) is 0 Å². The van der Waals surface area contributed by atoms with Crippen LogP contribution in [0.25, 0.3) is 0 Å². The zero-order valence-corrected chi connectivity index (χ0v) is 9.31. The molecule has 0 aliphatic rings. The Morgan fingerprint density at radius 2 is 2.00 bits per heavy atom. The SMILES string of the molecule is Cc1cccc(Oc2ccc(C=O)cc2F)c1. The maximum absolute atomic E-state index is 13.5. The molecule has 0 aliphatic heterocycles. The van der Waals surface area contributed by atoms with Gasteiger partial charge in [0.1, 0.15) is 12.0 Å². The summed E-state index contributed by atoms with van der Waals surface area (Å²) in [5.74, 6) is 0.139. The number of ether oxygens (including phenoxy) is 1. The Morgan fingerprint density at radius 3 is 2.65 bits per heavy atom. The van der Waals surface area contributed by atoms with Gasteiger partial charge >= 0.3 is 0 Å². The molecule has 0 spiro atoms. The van der Waals surface area contributed by atoms with Crippen molar-refractivity contribution in [1.29, 1.82) is 0 Å². The summed E-state index contributed by atoms with van der Waals surface area (Å²) < 4.78 is 18.9. The van der Waals surface area contributed by atoms with E-state index < -0.39 is 5.82 Å². The summed E-state index contributed by atoms with van der Waals surface area (Å²) in [4.78, 5) is 10.5. The number of hydrogen-bond donors (Lipinski definition) is 0. The Kier molecular flexibility index (Phi) is 3.19. The van der Waals surface area contributed by atoms with Gasteiger partial charge in [-0.1, -0.05) is 12.1 Å². The molecular formula is C14H11FO2. The van der Waals surface area contributed by atoms with E-state index in [1.165, 1.54) is 12.1 Å². The largest absolute Gasteiger partial charge is 0.454 e. The highest BCUT2D eigenvalue weighted by atomic mass is 19.1. The molecule has 0 saturated carbocycles. The molecule has 0 unspecified atom stereocenters. The van der Waals surface area contributed by atoms with Crippen molar-refractivity contribution >= 4 is 6.29 Å². The Balaban J connectivity index is 2.27. The number of carbonyl (C=O) groups excluding carboxylic acids is 1. The predicted molar refractivity (Wildman–Crippen MR) is 63.0 cm³/mol. The molecule has 0 aromatic heterocycles. The van der Waals surface area contributed by atoms with E-state index in [1.807, 2.05) is 25.1 Å². The van der Waals surface area contributed by atoms with Gasteiger partial charge in [0.05, 0.1) is 0 Å². The minimum atomic E-state index is -0.545. The predicted octanol–water partition coefficient (Wildman–Crippen LogP) is 3.74. The zero-order valence-electron chi connectivity index (χ0n) is 9.31. The topological polar surface area (TPSA) is 26.3 Å². The smallest absolute Gasteiger partial charge is 0.166 e. The average molecular weight is 230 g/mol. The van der Waals surface area contributed by atoms with E-state index in [4.69, 9.17) is 4.74 Å². The van der Waals surface area contributed by atoms with Crippen molar-refractivity contribution < 1.29 is 13.9 Å². The van der Waals surface area contributed by atoms with Gasteiger partial charge in [0, 0.05) is 5.56 Å². The summed E-state index contributed by atoms with van der Waals surface area (Å²) in [6.07, 6.45) is 0.597. The fourth-order valence-electron chi connectivity index (χ4n) is 1.48. The molecular weight excluding hydrogens is 219 g/mol. The Hall–Kier alpha value is -2.16. The molecule has 0 N–H and O–H groups in total. The second-order valence-corrected chi connectivity index (χ2v) is 3.73. The lowest BCUT2D eigenvalue weighted by Gasteiger charge is -2.07. The number of halogens is 1. The lowest BCUT2D eigenvalue weighted by molar-refractivity contribution is 0.112. The number of aldehydes is 1. The van der Waals surface area contributed by atoms with Gasteiger partial charge in [-0.25, -0.2) is 4.39 Å². The molecule has 0 amide bonds. The van der Waals surface area contributed by atoms with Crippen molar-refractivity contribution in [2.75, 3.05) is 0 Å². The van der Waals surface area contributed by atoms with Crippen LogP contribution in [0.3, 0.4) is 0 Å². The van der Waals surface area contributed by atoms with E-state index in [-0.39, 0.29) is 5.75 Å². The molecule has 2 rings (SSSR count). The fourth-order valence-corrected chi connectivity index (χ4v) is 1.48. The molecule has 0 heterocycles. The molecule has 0 aliphatic carbocycles. The van der Waals surface area contributed by atoms with Crippen LogP contribution in [0, 0.1) is 12.7 Å². The summed E-state index contributed by atoms with van der Waals surface area (Å²) in [7, 11) is 0. The van der Waals surface area contributed by atoms with Crippen molar-refractivity contribution in [2.24, 2.45) is 0 Å². The fraction of sp³-hybridized carbons (Fsp3) is 0.0714. The summed E-state index contributed by atoms with van der Waals surface area (Å²) in [5.41, 5.74) is 1.33. The van der Waals surface area contributed by atoms with Gasteiger partial charge in [-0.15, -0.1) is 0 Å². The first-order chi connectivity index (χ1) is 8.19. The number of aryl methyl sites for hydroxylation is 1. The first kappa shape index (κ1) is 11.3. The highest BCUT2D eigenvalue weighted by Gasteiger charge is 2.05. The second-order valence-electron chi connectivity index (χ2n) is 3.73. The Labute approximate surface area is 98.7 Å². The molecule has 3 heteroatoms. The zero-order chi connectivity index (χ0) is 12.3. The van der Waals surface area contributed by atoms with Crippen molar-refractivity contribution in [1.82, 2.24) is 0 Å². The van der Waals surface area contributed by atoms with Crippen LogP contribution in [0.4, 0.5) is 4.39 Å². The number of benzene rings is 2. The molecule has 0 saturated heterocycles. The first-order valence-corrected chi connectivity index (χ1v) is 5.18. The molecule has 2 nitrogen and oxygen atoms in total. The van der Waals surface area contributed by atoms with E-state index in [0.717, 1.165) is 11.6 Å². The molecule has 0 fully saturated rings. The number of hydrogen-bond acceptors (Lipinski definition) is 2. The summed E-state index contributed by atoms with van der Waals surface area (Å²) in [6.45, 7) is 1.93. The molecule has 0 atom stereocenters. The van der Waals surface area contributed by atoms with E-state index in [0.29, 0.717) is 17.6 Å². The van der Waals surface area contributed by atoms with Crippen LogP contribution in [0.15, 0.2) is 42.5 Å². The highest BCUT2D eigenvalue weighted by molar-refractivity contribution is 5.75. The number of rotatable bonds is 3. The van der Waals surface area contributed by atoms with E-state index >= 15 is 0 Å². The van der Waals surface area contributed by atoms with Gasteiger partial charge in [-0.2, -0.15) is 0 Å². The normalized spacial score (nSPS) is 10.0. The third-order valence-corrected chi connectivity index (χ3v) is 2.31. The van der Waals surface area contributed by atoms with Gasteiger partial charge in [-0.3, -0.25) is 4.79 Å². The lowest BCUT2D eigenvalue weighted by Crippen LogP contribution is -1.90. The standard InChI is InChI=1S/C14H11FO2/c1-10-3-2-4-12(7-10)17-14-6-5-11(9-16)8-13(14)15/h2-9H,1H3. The average Bonchev–Trinajstić information content (AvgIpc) is 2.32. The maximum Gasteiger partial charge on any atom is 0.166 e. The summed E-state index contributed by atoms with van der Waals surface area (Å²) in [6, 6.07) is 11.4. The molecule has 2 aromatic carbocycles. The van der Waals surface area contributed by atoms with Crippen LogP contribution in [0.5, 0.6) is 11.5 Å². The van der Waals surface area contributed by atoms with Gasteiger partial charge in [0.25, 0.3) is 0 Å². The van der Waals surface area contributed by atoms with Crippen LogP contribution in [-0.4, -0.2) is 6.29 Å². The minimum absolute atomic E-state index is 0.112. The lowest BCUT2D eigenvalue weighted by atomic mass is 10.2.